The molecule has 0 saturated heterocycles. The third-order valence-corrected chi connectivity index (χ3v) is 5.58. The molecule has 1 aromatic carbocycles. The van der Waals surface area contributed by atoms with E-state index in [2.05, 4.69) is 85.4 Å². The molecule has 2 aliphatic heterocycles. The van der Waals surface area contributed by atoms with Gasteiger partial charge in [-0.15, -0.1) is 0 Å². The second-order valence-corrected chi connectivity index (χ2v) is 7.25. The lowest BCUT2D eigenvalue weighted by atomic mass is 10.0. The van der Waals surface area contributed by atoms with Crippen LogP contribution in [0.2, 0.25) is 0 Å². The molecule has 0 bridgehead atoms. The summed E-state index contributed by atoms with van der Waals surface area (Å²) in [6.45, 7) is 5.12. The van der Waals surface area contributed by atoms with E-state index < -0.39 is 0 Å². The van der Waals surface area contributed by atoms with Gasteiger partial charge in [-0.2, -0.15) is 0 Å². The van der Waals surface area contributed by atoms with Gasteiger partial charge in [0.1, 0.15) is 18.1 Å². The maximum absolute atomic E-state index is 6.18. The van der Waals surface area contributed by atoms with Crippen LogP contribution in [0.5, 0.6) is 0 Å². The molecular formula is C21H21N2OS+. The minimum absolute atomic E-state index is 0.876. The lowest BCUT2D eigenvalue weighted by Crippen LogP contribution is -2.75. The molecular weight excluding hydrogens is 328 g/mol. The first-order chi connectivity index (χ1) is 12.2. The highest BCUT2D eigenvalue weighted by atomic mass is 32.2. The molecule has 1 aromatic rings. The average molecular weight is 349 g/mol. The summed E-state index contributed by atoms with van der Waals surface area (Å²) in [5, 5.41) is 2.26. The highest BCUT2D eigenvalue weighted by molar-refractivity contribution is 8.03. The second kappa shape index (κ2) is 6.45. The normalized spacial score (nSPS) is 16.0. The molecule has 2 heterocycles. The quantitative estimate of drug-likeness (QED) is 0.770. The van der Waals surface area contributed by atoms with Crippen LogP contribution in [0.15, 0.2) is 62.9 Å². The molecule has 0 aromatic heterocycles. The van der Waals surface area contributed by atoms with Gasteiger partial charge in [-0.1, -0.05) is 23.9 Å². The molecule has 126 valence electrons. The molecule has 1 aliphatic carbocycles. The van der Waals surface area contributed by atoms with Crippen molar-refractivity contribution in [2.75, 3.05) is 18.5 Å². The van der Waals surface area contributed by atoms with Crippen molar-refractivity contribution >= 4 is 23.5 Å². The Labute approximate surface area is 152 Å². The number of rotatable bonds is 2. The van der Waals surface area contributed by atoms with Crippen LogP contribution in [0.4, 0.5) is 5.69 Å². The third-order valence-electron chi connectivity index (χ3n) is 4.41. The van der Waals surface area contributed by atoms with Gasteiger partial charge < -0.3 is 9.32 Å². The lowest BCUT2D eigenvalue weighted by molar-refractivity contribution is -0.496. The molecule has 3 nitrogen and oxygen atoms in total. The van der Waals surface area contributed by atoms with Crippen molar-refractivity contribution in [3.63, 3.8) is 0 Å². The Morgan fingerprint density at radius 3 is 2.80 bits per heavy atom. The highest BCUT2D eigenvalue weighted by Gasteiger charge is 2.21. The van der Waals surface area contributed by atoms with Gasteiger partial charge >= 0.3 is 0 Å². The first-order valence-electron chi connectivity index (χ1n) is 8.49. The lowest BCUT2D eigenvalue weighted by Gasteiger charge is -2.14. The minimum Gasteiger partial charge on any atom is -0.456 e. The van der Waals surface area contributed by atoms with E-state index in [4.69, 9.17) is 4.42 Å². The second-order valence-electron chi connectivity index (χ2n) is 6.18. The van der Waals surface area contributed by atoms with Crippen molar-refractivity contribution in [1.29, 1.82) is 0 Å². The molecule has 0 amide bonds. The molecule has 0 saturated carbocycles. The van der Waals surface area contributed by atoms with E-state index in [1.54, 1.807) is 11.8 Å². The standard InChI is InChI=1S/C21H20N2OS/c1-4-22-15-9-10-17-14(2)11-16(24-19(17)12-15)13-21-23(3)18-7-5-6-8-20(18)25-21/h5-13H,4H2,1-3H3/p+1/b21-13-,22-15?. The summed E-state index contributed by atoms with van der Waals surface area (Å²) in [6, 6.07) is 16.9. The van der Waals surface area contributed by atoms with Crippen molar-refractivity contribution in [2.45, 2.75) is 18.7 Å². The Balaban J connectivity index is 1.78. The van der Waals surface area contributed by atoms with Crippen molar-refractivity contribution in [3.8, 4) is 11.3 Å². The van der Waals surface area contributed by atoms with Crippen LogP contribution in [0, 0.1) is 6.92 Å². The zero-order chi connectivity index (χ0) is 17.4. The molecule has 3 aliphatic rings. The van der Waals surface area contributed by atoms with Gasteiger partial charge in [0.15, 0.2) is 0 Å². The molecule has 0 radical (unpaired) electrons. The predicted molar refractivity (Wildman–Crippen MR) is 103 cm³/mol. The average Bonchev–Trinajstić information content (AvgIpc) is 2.91. The Hall–Kier alpha value is -2.46. The fraction of sp³-hybridized carbons (Fsp3) is 0.190. The number of aryl methyl sites for hydroxylation is 1. The molecule has 0 fully saturated rings. The largest absolute Gasteiger partial charge is 0.456 e. The van der Waals surface area contributed by atoms with Crippen LogP contribution in [0.1, 0.15) is 18.2 Å². The Kier molecular flexibility index (Phi) is 4.14. The van der Waals surface area contributed by atoms with E-state index in [0.717, 1.165) is 29.0 Å². The first kappa shape index (κ1) is 16.0. The third kappa shape index (κ3) is 2.98. The molecule has 0 unspecified atom stereocenters. The highest BCUT2D eigenvalue weighted by Crippen LogP contribution is 2.45. The number of para-hydroxylation sites is 1. The maximum atomic E-state index is 6.18. The summed E-state index contributed by atoms with van der Waals surface area (Å²) < 4.78 is 6.18. The van der Waals surface area contributed by atoms with Crippen LogP contribution in [0.3, 0.4) is 0 Å². The zero-order valence-corrected chi connectivity index (χ0v) is 15.5. The SMILES string of the molecule is CC[NH+]=c1ccc2c(C)cc(/C=C3\Sc4ccccc4N3C)oc-2c1. The Morgan fingerprint density at radius 1 is 1.16 bits per heavy atom. The van der Waals surface area contributed by atoms with Crippen LogP contribution in [-0.2, 0) is 0 Å². The van der Waals surface area contributed by atoms with Gasteiger partial charge in [0.25, 0.3) is 0 Å². The summed E-state index contributed by atoms with van der Waals surface area (Å²) in [5.74, 6) is 1.79. The maximum Gasteiger partial charge on any atom is 0.202 e. The number of thioether (sulfide) groups is 1. The molecule has 0 spiro atoms. The molecule has 1 N–H and O–H groups in total. The number of nitrogens with zero attached hydrogens (tertiary/aromatic N) is 1. The van der Waals surface area contributed by atoms with Gasteiger partial charge in [-0.05, 0) is 43.7 Å². The van der Waals surface area contributed by atoms with Crippen molar-refractivity contribution in [3.05, 3.63) is 70.2 Å². The topological polar surface area (TPSA) is 30.4 Å². The fourth-order valence-corrected chi connectivity index (χ4v) is 4.23. The van der Waals surface area contributed by atoms with Crippen LogP contribution in [0.25, 0.3) is 17.4 Å². The van der Waals surface area contributed by atoms with E-state index >= 15 is 0 Å². The number of nitrogens with one attached hydrogen (secondary N) is 1. The van der Waals surface area contributed by atoms with Gasteiger partial charge in [-0.3, -0.25) is 0 Å². The van der Waals surface area contributed by atoms with Crippen LogP contribution >= 0.6 is 11.8 Å². The summed E-state index contributed by atoms with van der Waals surface area (Å²) in [6.07, 6.45) is 2.12. The van der Waals surface area contributed by atoms with Crippen molar-refractivity contribution in [2.24, 2.45) is 0 Å². The van der Waals surface area contributed by atoms with Gasteiger partial charge in [0.05, 0.1) is 16.8 Å². The smallest absolute Gasteiger partial charge is 0.202 e. The van der Waals surface area contributed by atoms with E-state index in [1.165, 1.54) is 21.2 Å². The summed E-state index contributed by atoms with van der Waals surface area (Å²) in [7, 11) is 2.10. The van der Waals surface area contributed by atoms with Gasteiger partial charge in [0.2, 0.25) is 5.36 Å². The van der Waals surface area contributed by atoms with E-state index in [1.807, 2.05) is 0 Å². The minimum atomic E-state index is 0.876. The fourth-order valence-electron chi connectivity index (χ4n) is 3.13. The molecule has 25 heavy (non-hydrogen) atoms. The van der Waals surface area contributed by atoms with Gasteiger partial charge in [0, 0.05) is 29.6 Å². The van der Waals surface area contributed by atoms with Crippen molar-refractivity contribution < 1.29 is 9.41 Å². The summed E-state index contributed by atoms with van der Waals surface area (Å²) in [5.41, 5.74) is 3.62. The Morgan fingerprint density at radius 2 is 2.00 bits per heavy atom. The van der Waals surface area contributed by atoms with Crippen molar-refractivity contribution in [1.82, 2.24) is 0 Å². The summed E-state index contributed by atoms with van der Waals surface area (Å²) in [4.78, 5) is 6.84. The van der Waals surface area contributed by atoms with E-state index in [-0.39, 0.29) is 0 Å². The van der Waals surface area contributed by atoms with Gasteiger partial charge in [-0.25, -0.2) is 4.99 Å². The first-order valence-corrected chi connectivity index (χ1v) is 9.31. The van der Waals surface area contributed by atoms with Crippen LogP contribution < -0.4 is 15.2 Å². The number of hydrogen-bond donors (Lipinski definition) is 1. The molecule has 4 heteroatoms. The number of benzene rings is 2. The number of anilines is 1. The van der Waals surface area contributed by atoms with E-state index in [0.29, 0.717) is 0 Å². The molecule has 0 atom stereocenters. The Bertz CT molecular complexity index is 1000. The number of hydrogen-bond acceptors (Lipinski definition) is 3. The predicted octanol–water partition coefficient (Wildman–Crippen LogP) is 3.23. The monoisotopic (exact) mass is 349 g/mol. The van der Waals surface area contributed by atoms with E-state index in [9.17, 15) is 0 Å². The summed E-state index contributed by atoms with van der Waals surface area (Å²) >= 11 is 1.78. The molecule has 4 rings (SSSR count). The zero-order valence-electron chi connectivity index (χ0n) is 14.7. The van der Waals surface area contributed by atoms with Crippen LogP contribution in [-0.4, -0.2) is 13.6 Å². The number of fused-ring (bicyclic) bond motifs is 2.